The molecule has 0 aliphatic carbocycles. The zero-order chi connectivity index (χ0) is 16.2. The number of halogens is 1. The van der Waals surface area contributed by atoms with Crippen LogP contribution in [0.5, 0.6) is 0 Å². The largest absolute Gasteiger partial charge is 0.350 e. The Morgan fingerprint density at radius 3 is 2.74 bits per heavy atom. The van der Waals surface area contributed by atoms with Crippen LogP contribution in [-0.4, -0.2) is 24.5 Å². The lowest BCUT2D eigenvalue weighted by Gasteiger charge is -2.15. The van der Waals surface area contributed by atoms with Gasteiger partial charge >= 0.3 is 0 Å². The Bertz CT molecular complexity index is 819. The fourth-order valence-corrected chi connectivity index (χ4v) is 3.14. The van der Waals surface area contributed by atoms with Gasteiger partial charge in [0.1, 0.15) is 11.3 Å². The third-order valence-electron chi connectivity index (χ3n) is 3.40. The summed E-state index contributed by atoms with van der Waals surface area (Å²) in [6.07, 6.45) is 0. The summed E-state index contributed by atoms with van der Waals surface area (Å²) in [7, 11) is 1.78. The van der Waals surface area contributed by atoms with Crippen molar-refractivity contribution < 1.29 is 9.18 Å². The highest BCUT2D eigenvalue weighted by atomic mass is 32.1. The first kappa shape index (κ1) is 15.4. The Hall–Kier alpha value is -2.47. The van der Waals surface area contributed by atoms with Crippen LogP contribution in [-0.2, 0) is 11.3 Å². The normalized spacial score (nSPS) is 10.7. The number of carbonyl (C=O) groups is 1. The van der Waals surface area contributed by atoms with E-state index < -0.39 is 0 Å². The molecule has 4 nitrogen and oxygen atoms in total. The molecule has 1 amide bonds. The van der Waals surface area contributed by atoms with Crippen molar-refractivity contribution in [2.24, 2.45) is 0 Å². The molecule has 118 valence electrons. The van der Waals surface area contributed by atoms with Gasteiger partial charge in [0.25, 0.3) is 0 Å². The van der Waals surface area contributed by atoms with Crippen LogP contribution in [0.1, 0.15) is 5.56 Å². The lowest BCUT2D eigenvalue weighted by Crippen LogP contribution is -2.34. The van der Waals surface area contributed by atoms with Crippen molar-refractivity contribution in [1.82, 2.24) is 10.3 Å². The molecule has 1 heterocycles. The number of hydrogen-bond acceptors (Lipinski definition) is 4. The standard InChI is InChI=1S/C17H16FN3OS/c1-21(11-15(22)19-10-12-6-3-2-4-7-12)17-20-16-13(18)8-5-9-14(16)23-17/h2-9H,10-11H2,1H3,(H,19,22). The van der Waals surface area contributed by atoms with Crippen molar-refractivity contribution in [3.63, 3.8) is 0 Å². The van der Waals surface area contributed by atoms with Gasteiger partial charge in [-0.25, -0.2) is 9.37 Å². The number of likely N-dealkylation sites (N-methyl/N-ethyl adjacent to an activating group) is 1. The Labute approximate surface area is 137 Å². The molecule has 3 rings (SSSR count). The van der Waals surface area contributed by atoms with Crippen molar-refractivity contribution in [2.75, 3.05) is 18.5 Å². The van der Waals surface area contributed by atoms with Crippen LogP contribution in [0.3, 0.4) is 0 Å². The first-order valence-electron chi connectivity index (χ1n) is 7.20. The minimum Gasteiger partial charge on any atom is -0.350 e. The van der Waals surface area contributed by atoms with Crippen molar-refractivity contribution in [3.8, 4) is 0 Å². The number of hydrogen-bond donors (Lipinski definition) is 1. The van der Waals surface area contributed by atoms with Gasteiger partial charge in [-0.3, -0.25) is 4.79 Å². The minimum absolute atomic E-state index is 0.101. The minimum atomic E-state index is -0.341. The van der Waals surface area contributed by atoms with Gasteiger partial charge in [0.15, 0.2) is 5.13 Å². The molecule has 0 fully saturated rings. The van der Waals surface area contributed by atoms with Gasteiger partial charge in [-0.05, 0) is 17.7 Å². The summed E-state index contributed by atoms with van der Waals surface area (Å²) in [5.41, 5.74) is 1.40. The van der Waals surface area contributed by atoms with E-state index in [1.807, 2.05) is 36.4 Å². The molecule has 1 N–H and O–H groups in total. The molecule has 23 heavy (non-hydrogen) atoms. The molecule has 1 aromatic heterocycles. The van der Waals surface area contributed by atoms with Gasteiger partial charge in [0.2, 0.25) is 5.91 Å². The summed E-state index contributed by atoms with van der Waals surface area (Å²) in [4.78, 5) is 18.0. The quantitative estimate of drug-likeness (QED) is 0.782. The number of benzene rings is 2. The van der Waals surface area contributed by atoms with E-state index in [4.69, 9.17) is 0 Å². The molecule has 2 aromatic carbocycles. The van der Waals surface area contributed by atoms with E-state index in [0.29, 0.717) is 17.2 Å². The van der Waals surface area contributed by atoms with Crippen molar-refractivity contribution in [2.45, 2.75) is 6.54 Å². The second-order valence-electron chi connectivity index (χ2n) is 5.20. The number of aromatic nitrogens is 1. The zero-order valence-corrected chi connectivity index (χ0v) is 13.4. The molecule has 0 saturated carbocycles. The summed E-state index contributed by atoms with van der Waals surface area (Å²) >= 11 is 1.37. The van der Waals surface area contributed by atoms with Crippen LogP contribution in [0, 0.1) is 5.82 Å². The SMILES string of the molecule is CN(CC(=O)NCc1ccccc1)c1nc2c(F)cccc2s1. The number of thiazole rings is 1. The van der Waals surface area contributed by atoms with E-state index in [1.54, 1.807) is 18.0 Å². The fraction of sp³-hybridized carbons (Fsp3) is 0.176. The van der Waals surface area contributed by atoms with Gasteiger partial charge < -0.3 is 10.2 Å². The predicted molar refractivity (Wildman–Crippen MR) is 91.1 cm³/mol. The van der Waals surface area contributed by atoms with Gasteiger partial charge in [-0.1, -0.05) is 47.7 Å². The summed E-state index contributed by atoms with van der Waals surface area (Å²) in [6, 6.07) is 14.6. The lowest BCUT2D eigenvalue weighted by atomic mass is 10.2. The predicted octanol–water partition coefficient (Wildman–Crippen LogP) is 3.19. The smallest absolute Gasteiger partial charge is 0.239 e. The third kappa shape index (κ3) is 3.65. The monoisotopic (exact) mass is 329 g/mol. The fourth-order valence-electron chi connectivity index (χ4n) is 2.20. The highest BCUT2D eigenvalue weighted by Crippen LogP contribution is 2.29. The number of rotatable bonds is 5. The average Bonchev–Trinajstić information content (AvgIpc) is 3.00. The van der Waals surface area contributed by atoms with Crippen LogP contribution in [0.4, 0.5) is 9.52 Å². The lowest BCUT2D eigenvalue weighted by molar-refractivity contribution is -0.119. The molecule has 0 aliphatic rings. The van der Waals surface area contributed by atoms with Crippen molar-refractivity contribution in [3.05, 3.63) is 59.9 Å². The molecular formula is C17H16FN3OS. The molecule has 0 radical (unpaired) electrons. The Morgan fingerprint density at radius 2 is 2.00 bits per heavy atom. The van der Waals surface area contributed by atoms with E-state index >= 15 is 0 Å². The molecule has 6 heteroatoms. The average molecular weight is 329 g/mol. The van der Waals surface area contributed by atoms with Crippen LogP contribution in [0.2, 0.25) is 0 Å². The number of nitrogens with one attached hydrogen (secondary N) is 1. The van der Waals surface area contributed by atoms with Gasteiger partial charge in [0, 0.05) is 13.6 Å². The molecule has 0 unspecified atom stereocenters. The van der Waals surface area contributed by atoms with Gasteiger partial charge in [0.05, 0.1) is 11.2 Å². The molecule has 3 aromatic rings. The first-order chi connectivity index (χ1) is 11.1. The van der Waals surface area contributed by atoms with Crippen molar-refractivity contribution >= 4 is 32.6 Å². The van der Waals surface area contributed by atoms with Gasteiger partial charge in [-0.2, -0.15) is 0 Å². The second kappa shape index (κ2) is 6.75. The molecule has 0 aliphatic heterocycles. The van der Waals surface area contributed by atoms with E-state index in [0.717, 1.165) is 10.3 Å². The summed E-state index contributed by atoms with van der Waals surface area (Å²) in [5.74, 6) is -0.442. The number of fused-ring (bicyclic) bond motifs is 1. The number of amides is 1. The maximum absolute atomic E-state index is 13.7. The Morgan fingerprint density at radius 1 is 1.22 bits per heavy atom. The van der Waals surface area contributed by atoms with Crippen LogP contribution in [0.15, 0.2) is 48.5 Å². The summed E-state index contributed by atoms with van der Waals surface area (Å²) in [5, 5.41) is 3.49. The van der Waals surface area contributed by atoms with E-state index in [1.165, 1.54) is 17.4 Å². The molecule has 0 atom stereocenters. The van der Waals surface area contributed by atoms with E-state index in [2.05, 4.69) is 10.3 Å². The summed E-state index contributed by atoms with van der Waals surface area (Å²) in [6.45, 7) is 0.663. The maximum atomic E-state index is 13.7. The first-order valence-corrected chi connectivity index (χ1v) is 8.02. The van der Waals surface area contributed by atoms with Crippen LogP contribution < -0.4 is 10.2 Å². The zero-order valence-electron chi connectivity index (χ0n) is 12.6. The molecule has 0 spiro atoms. The highest BCUT2D eigenvalue weighted by molar-refractivity contribution is 7.22. The van der Waals surface area contributed by atoms with E-state index in [-0.39, 0.29) is 18.3 Å². The number of carbonyl (C=O) groups excluding carboxylic acids is 1. The van der Waals surface area contributed by atoms with Gasteiger partial charge in [-0.15, -0.1) is 0 Å². The van der Waals surface area contributed by atoms with Crippen molar-refractivity contribution in [1.29, 1.82) is 0 Å². The molecule has 0 bridgehead atoms. The maximum Gasteiger partial charge on any atom is 0.239 e. The van der Waals surface area contributed by atoms with Crippen LogP contribution in [0.25, 0.3) is 10.2 Å². The number of anilines is 1. The molecular weight excluding hydrogens is 313 g/mol. The van der Waals surface area contributed by atoms with Crippen LogP contribution >= 0.6 is 11.3 Å². The Balaban J connectivity index is 1.62. The highest BCUT2D eigenvalue weighted by Gasteiger charge is 2.13. The number of para-hydroxylation sites is 1. The van der Waals surface area contributed by atoms with E-state index in [9.17, 15) is 9.18 Å². The molecule has 0 saturated heterocycles. The number of nitrogens with zero attached hydrogens (tertiary/aromatic N) is 2. The Kier molecular flexibility index (Phi) is 4.52. The second-order valence-corrected chi connectivity index (χ2v) is 6.21. The topological polar surface area (TPSA) is 45.2 Å². The third-order valence-corrected chi connectivity index (χ3v) is 4.53. The summed E-state index contributed by atoms with van der Waals surface area (Å²) < 4.78 is 14.5.